The van der Waals surface area contributed by atoms with Crippen LogP contribution in [0, 0.1) is 0 Å². The third kappa shape index (κ3) is 4.34. The van der Waals surface area contributed by atoms with Crippen LogP contribution in [0.5, 0.6) is 0 Å². The maximum absolute atomic E-state index is 12.4. The second-order valence-electron chi connectivity index (χ2n) is 4.57. The molecule has 21 heavy (non-hydrogen) atoms. The van der Waals surface area contributed by atoms with Crippen molar-refractivity contribution in [2.45, 2.75) is 12.6 Å². The molecule has 5 heteroatoms. The van der Waals surface area contributed by atoms with E-state index in [9.17, 15) is 18.0 Å². The summed E-state index contributed by atoms with van der Waals surface area (Å²) in [4.78, 5) is 11.8. The van der Waals surface area contributed by atoms with Gasteiger partial charge in [0, 0.05) is 12.1 Å². The molecule has 2 aromatic carbocycles. The van der Waals surface area contributed by atoms with E-state index in [4.69, 9.17) is 0 Å². The van der Waals surface area contributed by atoms with Gasteiger partial charge < -0.3 is 5.32 Å². The summed E-state index contributed by atoms with van der Waals surface area (Å²) in [6.07, 6.45) is -3.71. The highest BCUT2D eigenvalue weighted by Crippen LogP contribution is 2.29. The first-order valence-corrected chi connectivity index (χ1v) is 6.46. The van der Waals surface area contributed by atoms with Crippen molar-refractivity contribution in [3.05, 3.63) is 71.3 Å². The lowest BCUT2D eigenvalue weighted by atomic mass is 10.1. The molecule has 0 saturated heterocycles. The van der Waals surface area contributed by atoms with Crippen molar-refractivity contribution in [2.75, 3.05) is 6.54 Å². The molecule has 0 unspecified atom stereocenters. The molecule has 0 radical (unpaired) electrons. The molecule has 1 N–H and O–H groups in total. The van der Waals surface area contributed by atoms with Gasteiger partial charge in [0.2, 0.25) is 0 Å². The van der Waals surface area contributed by atoms with Crippen LogP contribution in [-0.2, 0) is 12.6 Å². The Hall–Kier alpha value is -2.30. The summed E-state index contributed by atoms with van der Waals surface area (Å²) in [6, 6.07) is 13.8. The minimum Gasteiger partial charge on any atom is -0.352 e. The zero-order valence-corrected chi connectivity index (χ0v) is 11.2. The average Bonchev–Trinajstić information content (AvgIpc) is 2.47. The number of hydrogen-bond donors (Lipinski definition) is 1. The van der Waals surface area contributed by atoms with Crippen LogP contribution in [-0.4, -0.2) is 12.5 Å². The number of carbonyl (C=O) groups excluding carboxylic acids is 1. The number of carbonyl (C=O) groups is 1. The lowest BCUT2D eigenvalue weighted by Crippen LogP contribution is -2.25. The van der Waals surface area contributed by atoms with Gasteiger partial charge in [0.15, 0.2) is 0 Å². The molecule has 1 amide bonds. The van der Waals surface area contributed by atoms with E-state index < -0.39 is 11.7 Å². The van der Waals surface area contributed by atoms with Crippen molar-refractivity contribution in [1.29, 1.82) is 0 Å². The Balaban J connectivity index is 1.89. The normalized spacial score (nSPS) is 11.2. The molecule has 0 fully saturated rings. The third-order valence-corrected chi connectivity index (χ3v) is 3.02. The fraction of sp³-hybridized carbons (Fsp3) is 0.188. The van der Waals surface area contributed by atoms with Gasteiger partial charge in [0.1, 0.15) is 0 Å². The first-order chi connectivity index (χ1) is 9.97. The monoisotopic (exact) mass is 293 g/mol. The zero-order valence-electron chi connectivity index (χ0n) is 11.2. The van der Waals surface area contributed by atoms with Gasteiger partial charge >= 0.3 is 6.18 Å². The number of nitrogens with one attached hydrogen (secondary N) is 1. The molecule has 2 aromatic rings. The van der Waals surface area contributed by atoms with E-state index in [1.807, 2.05) is 30.3 Å². The van der Waals surface area contributed by atoms with Crippen LogP contribution in [0.15, 0.2) is 54.6 Å². The van der Waals surface area contributed by atoms with E-state index in [1.165, 1.54) is 12.1 Å². The molecule has 110 valence electrons. The fourth-order valence-corrected chi connectivity index (χ4v) is 1.88. The molecule has 2 rings (SSSR count). The number of halogens is 3. The molecule has 0 aliphatic heterocycles. The van der Waals surface area contributed by atoms with Crippen molar-refractivity contribution < 1.29 is 18.0 Å². The smallest absolute Gasteiger partial charge is 0.352 e. The predicted octanol–water partition coefficient (Wildman–Crippen LogP) is 3.68. The van der Waals surface area contributed by atoms with Crippen molar-refractivity contribution in [3.63, 3.8) is 0 Å². The number of rotatable bonds is 4. The number of amides is 1. The Morgan fingerprint density at radius 1 is 0.952 bits per heavy atom. The average molecular weight is 293 g/mol. The van der Waals surface area contributed by atoms with E-state index in [0.717, 1.165) is 17.7 Å². The second kappa shape index (κ2) is 6.43. The Kier molecular flexibility index (Phi) is 4.62. The quantitative estimate of drug-likeness (QED) is 0.915. The molecule has 0 heterocycles. The van der Waals surface area contributed by atoms with Crippen molar-refractivity contribution >= 4 is 5.91 Å². The summed E-state index contributed by atoms with van der Waals surface area (Å²) in [5.41, 5.74) is 0.546. The van der Waals surface area contributed by atoms with Gasteiger partial charge in [0.05, 0.1) is 5.56 Å². The minimum atomic E-state index is -4.39. The minimum absolute atomic E-state index is 0.219. The van der Waals surface area contributed by atoms with Crippen LogP contribution < -0.4 is 5.32 Å². The van der Waals surface area contributed by atoms with E-state index in [1.54, 1.807) is 0 Å². The van der Waals surface area contributed by atoms with Gasteiger partial charge in [-0.15, -0.1) is 0 Å². The maximum Gasteiger partial charge on any atom is 0.416 e. The van der Waals surface area contributed by atoms with E-state index in [-0.39, 0.29) is 11.5 Å². The summed E-state index contributed by atoms with van der Waals surface area (Å²) < 4.78 is 37.2. The molecule has 0 spiro atoms. The highest BCUT2D eigenvalue weighted by atomic mass is 19.4. The van der Waals surface area contributed by atoms with Gasteiger partial charge in [-0.2, -0.15) is 13.2 Å². The second-order valence-corrected chi connectivity index (χ2v) is 4.57. The Morgan fingerprint density at radius 3 is 2.14 bits per heavy atom. The lowest BCUT2D eigenvalue weighted by molar-refractivity contribution is -0.137. The summed E-state index contributed by atoms with van der Waals surface area (Å²) >= 11 is 0. The summed E-state index contributed by atoms with van der Waals surface area (Å²) in [6.45, 7) is 0.434. The maximum atomic E-state index is 12.4. The summed E-state index contributed by atoms with van der Waals surface area (Å²) in [7, 11) is 0. The molecular weight excluding hydrogens is 279 g/mol. The Morgan fingerprint density at radius 2 is 1.57 bits per heavy atom. The number of benzene rings is 2. The first kappa shape index (κ1) is 15.1. The van der Waals surface area contributed by atoms with Crippen LogP contribution in [0.25, 0.3) is 0 Å². The molecule has 0 saturated carbocycles. The molecule has 0 atom stereocenters. The van der Waals surface area contributed by atoms with E-state index in [0.29, 0.717) is 13.0 Å². The van der Waals surface area contributed by atoms with Crippen molar-refractivity contribution in [2.24, 2.45) is 0 Å². The SMILES string of the molecule is O=C(NCCc1ccccc1)c1ccc(C(F)(F)F)cc1. The largest absolute Gasteiger partial charge is 0.416 e. The molecule has 2 nitrogen and oxygen atoms in total. The summed E-state index contributed by atoms with van der Waals surface area (Å²) in [5.74, 6) is -0.375. The first-order valence-electron chi connectivity index (χ1n) is 6.46. The van der Waals surface area contributed by atoms with E-state index >= 15 is 0 Å². The van der Waals surface area contributed by atoms with Crippen molar-refractivity contribution in [3.8, 4) is 0 Å². The van der Waals surface area contributed by atoms with Crippen LogP contribution >= 0.6 is 0 Å². The highest BCUT2D eigenvalue weighted by molar-refractivity contribution is 5.94. The third-order valence-electron chi connectivity index (χ3n) is 3.02. The van der Waals surface area contributed by atoms with Gasteiger partial charge in [0.25, 0.3) is 5.91 Å². The molecule has 0 aromatic heterocycles. The number of hydrogen-bond acceptors (Lipinski definition) is 1. The number of alkyl halides is 3. The Labute approximate surface area is 120 Å². The standard InChI is InChI=1S/C16H14F3NO/c17-16(18,19)14-8-6-13(7-9-14)15(21)20-11-10-12-4-2-1-3-5-12/h1-9H,10-11H2,(H,20,21). The summed E-state index contributed by atoms with van der Waals surface area (Å²) in [5, 5.41) is 2.69. The lowest BCUT2D eigenvalue weighted by Gasteiger charge is -2.08. The van der Waals surface area contributed by atoms with Crippen LogP contribution in [0.2, 0.25) is 0 Å². The zero-order chi connectivity index (χ0) is 15.3. The van der Waals surface area contributed by atoms with E-state index in [2.05, 4.69) is 5.32 Å². The van der Waals surface area contributed by atoms with Crippen LogP contribution in [0.1, 0.15) is 21.5 Å². The van der Waals surface area contributed by atoms with Gasteiger partial charge in [-0.25, -0.2) is 0 Å². The molecular formula is C16H14F3NO. The van der Waals surface area contributed by atoms with Gasteiger partial charge in [-0.3, -0.25) is 4.79 Å². The van der Waals surface area contributed by atoms with Crippen LogP contribution in [0.4, 0.5) is 13.2 Å². The van der Waals surface area contributed by atoms with Crippen LogP contribution in [0.3, 0.4) is 0 Å². The molecule has 0 aliphatic carbocycles. The highest BCUT2D eigenvalue weighted by Gasteiger charge is 2.30. The van der Waals surface area contributed by atoms with Crippen molar-refractivity contribution in [1.82, 2.24) is 5.32 Å². The Bertz CT molecular complexity index is 591. The molecule has 0 bridgehead atoms. The van der Waals surface area contributed by atoms with Gasteiger partial charge in [-0.1, -0.05) is 30.3 Å². The fourth-order valence-electron chi connectivity index (χ4n) is 1.88. The topological polar surface area (TPSA) is 29.1 Å². The molecule has 0 aliphatic rings. The predicted molar refractivity (Wildman–Crippen MR) is 73.9 cm³/mol. The van der Waals surface area contributed by atoms with Gasteiger partial charge in [-0.05, 0) is 36.2 Å².